The van der Waals surface area contributed by atoms with Gasteiger partial charge in [0.1, 0.15) is 17.4 Å². The second-order valence-corrected chi connectivity index (χ2v) is 6.65. The molecule has 2 heterocycles. The fraction of sp³-hybridized carbons (Fsp3) is 0.450. The van der Waals surface area contributed by atoms with Crippen LogP contribution in [0.3, 0.4) is 0 Å². The second-order valence-electron chi connectivity index (χ2n) is 6.65. The number of nitriles is 1. The van der Waals surface area contributed by atoms with E-state index in [0.717, 1.165) is 62.0 Å². The molecular formula is C20H25N5O. The van der Waals surface area contributed by atoms with Gasteiger partial charge in [-0.05, 0) is 43.5 Å². The van der Waals surface area contributed by atoms with Gasteiger partial charge in [-0.2, -0.15) is 10.4 Å². The van der Waals surface area contributed by atoms with Gasteiger partial charge in [-0.25, -0.2) is 0 Å². The molecule has 0 amide bonds. The number of hydrogen-bond donors (Lipinski definition) is 0. The van der Waals surface area contributed by atoms with Crippen molar-refractivity contribution in [3.63, 3.8) is 0 Å². The molecule has 2 aromatic rings. The Hall–Kier alpha value is -2.65. The van der Waals surface area contributed by atoms with Crippen molar-refractivity contribution in [2.75, 3.05) is 44.7 Å². The maximum Gasteiger partial charge on any atom is 0.169 e. The fourth-order valence-electron chi connectivity index (χ4n) is 3.21. The lowest BCUT2D eigenvalue weighted by Crippen LogP contribution is -2.47. The summed E-state index contributed by atoms with van der Waals surface area (Å²) in [6.45, 7) is 8.54. The molecule has 0 unspecified atom stereocenters. The van der Waals surface area contributed by atoms with Crippen LogP contribution in [0.15, 0.2) is 24.3 Å². The molecule has 0 atom stereocenters. The van der Waals surface area contributed by atoms with Crippen LogP contribution in [0.25, 0.3) is 0 Å². The molecule has 1 aromatic carbocycles. The fourth-order valence-corrected chi connectivity index (χ4v) is 3.21. The van der Waals surface area contributed by atoms with Crippen molar-refractivity contribution < 1.29 is 4.74 Å². The van der Waals surface area contributed by atoms with Crippen molar-refractivity contribution >= 4 is 5.82 Å². The molecule has 1 aliphatic heterocycles. The number of aryl methyl sites for hydroxylation is 1. The standard InChI is InChI=1S/C20H25N5O/c1-15-16(2)22-23-20(19(15)14-21)25-12-10-24(11-13-25)9-8-17-4-6-18(26-3)7-5-17/h4-7H,8-13H2,1-3H3. The molecule has 0 spiro atoms. The highest BCUT2D eigenvalue weighted by Gasteiger charge is 2.22. The lowest BCUT2D eigenvalue weighted by Gasteiger charge is -2.35. The van der Waals surface area contributed by atoms with Crippen molar-refractivity contribution in [3.8, 4) is 11.8 Å². The molecule has 1 aromatic heterocycles. The average molecular weight is 351 g/mol. The maximum absolute atomic E-state index is 9.49. The summed E-state index contributed by atoms with van der Waals surface area (Å²) >= 11 is 0. The first-order valence-corrected chi connectivity index (χ1v) is 8.96. The molecule has 3 rings (SSSR count). The number of anilines is 1. The minimum atomic E-state index is 0.657. The summed E-state index contributed by atoms with van der Waals surface area (Å²) in [6, 6.07) is 10.6. The van der Waals surface area contributed by atoms with E-state index >= 15 is 0 Å². The molecule has 0 aliphatic carbocycles. The van der Waals surface area contributed by atoms with Crippen molar-refractivity contribution in [3.05, 3.63) is 46.6 Å². The lowest BCUT2D eigenvalue weighted by atomic mass is 10.1. The zero-order chi connectivity index (χ0) is 18.5. The van der Waals surface area contributed by atoms with E-state index < -0.39 is 0 Å². The van der Waals surface area contributed by atoms with Gasteiger partial charge in [0, 0.05) is 32.7 Å². The van der Waals surface area contributed by atoms with Gasteiger partial charge in [-0.15, -0.1) is 5.10 Å². The third kappa shape index (κ3) is 3.94. The van der Waals surface area contributed by atoms with Crippen LogP contribution in [0, 0.1) is 25.2 Å². The van der Waals surface area contributed by atoms with Gasteiger partial charge < -0.3 is 9.64 Å². The van der Waals surface area contributed by atoms with Gasteiger partial charge in [0.15, 0.2) is 5.82 Å². The predicted octanol–water partition coefficient (Wildman–Crippen LogP) is 2.34. The zero-order valence-corrected chi connectivity index (χ0v) is 15.7. The Balaban J connectivity index is 1.56. The quantitative estimate of drug-likeness (QED) is 0.824. The lowest BCUT2D eigenvalue weighted by molar-refractivity contribution is 0.260. The van der Waals surface area contributed by atoms with Crippen LogP contribution in [-0.4, -0.2) is 54.9 Å². The monoisotopic (exact) mass is 351 g/mol. The Morgan fingerprint density at radius 2 is 1.77 bits per heavy atom. The van der Waals surface area contributed by atoms with Crippen LogP contribution in [0.1, 0.15) is 22.4 Å². The molecule has 0 bridgehead atoms. The van der Waals surface area contributed by atoms with Gasteiger partial charge in [-0.1, -0.05) is 12.1 Å². The van der Waals surface area contributed by atoms with Gasteiger partial charge in [0.2, 0.25) is 0 Å². The molecule has 0 saturated carbocycles. The Bertz CT molecular complexity index is 789. The third-order valence-corrected chi connectivity index (χ3v) is 5.10. The maximum atomic E-state index is 9.49. The predicted molar refractivity (Wildman–Crippen MR) is 102 cm³/mol. The highest BCUT2D eigenvalue weighted by atomic mass is 16.5. The Morgan fingerprint density at radius 1 is 1.08 bits per heavy atom. The number of piperazine rings is 1. The molecule has 26 heavy (non-hydrogen) atoms. The highest BCUT2D eigenvalue weighted by Crippen LogP contribution is 2.22. The van der Waals surface area contributed by atoms with E-state index in [1.165, 1.54) is 5.56 Å². The molecule has 6 nitrogen and oxygen atoms in total. The molecule has 1 saturated heterocycles. The summed E-state index contributed by atoms with van der Waals surface area (Å²) in [5, 5.41) is 18.0. The minimum absolute atomic E-state index is 0.657. The first-order chi connectivity index (χ1) is 12.6. The zero-order valence-electron chi connectivity index (χ0n) is 15.7. The number of hydrogen-bond acceptors (Lipinski definition) is 6. The van der Waals surface area contributed by atoms with Gasteiger partial charge in [-0.3, -0.25) is 4.90 Å². The van der Waals surface area contributed by atoms with E-state index in [1.807, 2.05) is 26.0 Å². The second kappa shape index (κ2) is 8.15. The molecule has 0 radical (unpaired) electrons. The Kier molecular flexibility index (Phi) is 5.69. The Labute approximate surface area is 155 Å². The molecule has 1 aliphatic rings. The van der Waals surface area contributed by atoms with E-state index in [0.29, 0.717) is 5.56 Å². The molecule has 136 valence electrons. The molecule has 0 N–H and O–H groups in total. The summed E-state index contributed by atoms with van der Waals surface area (Å²) in [7, 11) is 1.69. The van der Waals surface area contributed by atoms with Crippen LogP contribution in [0.2, 0.25) is 0 Å². The van der Waals surface area contributed by atoms with Crippen molar-refractivity contribution in [1.82, 2.24) is 15.1 Å². The van der Waals surface area contributed by atoms with E-state index in [4.69, 9.17) is 4.74 Å². The molecule has 6 heteroatoms. The minimum Gasteiger partial charge on any atom is -0.497 e. The van der Waals surface area contributed by atoms with E-state index in [-0.39, 0.29) is 0 Å². The number of rotatable bonds is 5. The van der Waals surface area contributed by atoms with E-state index in [9.17, 15) is 5.26 Å². The smallest absolute Gasteiger partial charge is 0.169 e. The number of ether oxygens (including phenoxy) is 1. The van der Waals surface area contributed by atoms with Crippen LogP contribution >= 0.6 is 0 Å². The summed E-state index contributed by atoms with van der Waals surface area (Å²) in [4.78, 5) is 4.64. The highest BCUT2D eigenvalue weighted by molar-refractivity contribution is 5.57. The first kappa shape index (κ1) is 18.2. The molecule has 1 fully saturated rings. The van der Waals surface area contributed by atoms with Crippen molar-refractivity contribution in [2.24, 2.45) is 0 Å². The van der Waals surface area contributed by atoms with Gasteiger partial charge in [0.25, 0.3) is 0 Å². The Morgan fingerprint density at radius 3 is 2.38 bits per heavy atom. The third-order valence-electron chi connectivity index (χ3n) is 5.10. The summed E-state index contributed by atoms with van der Waals surface area (Å²) in [6.07, 6.45) is 1.02. The van der Waals surface area contributed by atoms with E-state index in [2.05, 4.69) is 38.2 Å². The number of methoxy groups -OCH3 is 1. The summed E-state index contributed by atoms with van der Waals surface area (Å²) in [5.74, 6) is 1.62. The van der Waals surface area contributed by atoms with Gasteiger partial charge in [0.05, 0.1) is 12.8 Å². The topological polar surface area (TPSA) is 65.3 Å². The van der Waals surface area contributed by atoms with Crippen LogP contribution in [0.5, 0.6) is 5.75 Å². The normalized spacial score (nSPS) is 14.9. The molecular weight excluding hydrogens is 326 g/mol. The van der Waals surface area contributed by atoms with Crippen molar-refractivity contribution in [1.29, 1.82) is 5.26 Å². The van der Waals surface area contributed by atoms with E-state index in [1.54, 1.807) is 7.11 Å². The van der Waals surface area contributed by atoms with Crippen LogP contribution in [-0.2, 0) is 6.42 Å². The van der Waals surface area contributed by atoms with Gasteiger partial charge >= 0.3 is 0 Å². The SMILES string of the molecule is COc1ccc(CCN2CCN(c3nnc(C)c(C)c3C#N)CC2)cc1. The van der Waals surface area contributed by atoms with Crippen LogP contribution in [0.4, 0.5) is 5.82 Å². The largest absolute Gasteiger partial charge is 0.497 e. The number of nitrogens with zero attached hydrogens (tertiary/aromatic N) is 5. The summed E-state index contributed by atoms with van der Waals surface area (Å²) in [5.41, 5.74) is 3.73. The van der Waals surface area contributed by atoms with Crippen LogP contribution < -0.4 is 9.64 Å². The summed E-state index contributed by atoms with van der Waals surface area (Å²) < 4.78 is 5.20. The number of benzene rings is 1. The number of aromatic nitrogens is 2. The van der Waals surface area contributed by atoms with Crippen molar-refractivity contribution in [2.45, 2.75) is 20.3 Å². The average Bonchev–Trinajstić information content (AvgIpc) is 2.69. The first-order valence-electron chi connectivity index (χ1n) is 8.96.